The molecule has 0 aliphatic carbocycles. The molecule has 0 N–H and O–H groups in total. The maximum absolute atomic E-state index is 11.0. The molecule has 2 rings (SSSR count). The minimum atomic E-state index is 0.169. The molecule has 2 aromatic rings. The van der Waals surface area contributed by atoms with E-state index in [1.165, 1.54) is 15.0 Å². The number of carbonyl (C=O) groups is 1. The van der Waals surface area contributed by atoms with Crippen LogP contribution in [-0.4, -0.2) is 5.78 Å². The maximum Gasteiger partial charge on any atom is 0.169 e. The predicted molar refractivity (Wildman–Crippen MR) is 54.4 cm³/mol. The first-order valence-electron chi connectivity index (χ1n) is 3.67. The van der Waals surface area contributed by atoms with Gasteiger partial charge in [-0.3, -0.25) is 4.79 Å². The molecule has 3 heteroatoms. The van der Waals surface area contributed by atoms with Gasteiger partial charge < -0.3 is 0 Å². The first kappa shape index (κ1) is 7.95. The Morgan fingerprint density at radius 1 is 1.50 bits per heavy atom. The lowest BCUT2D eigenvalue weighted by Crippen LogP contribution is -1.83. The molecule has 1 nitrogen and oxygen atoms in total. The fraction of sp³-hybridized carbons (Fsp3) is 0.222. The molecule has 2 heterocycles. The number of fused-ring (bicyclic) bond motifs is 1. The number of hydrogen-bond donors (Lipinski definition) is 0. The normalized spacial score (nSPS) is 10.8. The summed E-state index contributed by atoms with van der Waals surface area (Å²) in [5.41, 5.74) is 1.28. The van der Waals surface area contributed by atoms with E-state index in [1.807, 2.05) is 6.07 Å². The third kappa shape index (κ3) is 1.09. The van der Waals surface area contributed by atoms with Crippen LogP contribution in [0.3, 0.4) is 0 Å². The average Bonchev–Trinajstić information content (AvgIpc) is 2.53. The summed E-state index contributed by atoms with van der Waals surface area (Å²) in [6.45, 7) is 3.69. The zero-order chi connectivity index (χ0) is 8.72. The molecule has 0 fully saturated rings. The number of thiophene rings is 2. The lowest BCUT2D eigenvalue weighted by molar-refractivity contribution is 0.102. The van der Waals surface area contributed by atoms with Crippen LogP contribution in [0.1, 0.15) is 22.2 Å². The summed E-state index contributed by atoms with van der Waals surface area (Å²) in [4.78, 5) is 11.9. The van der Waals surface area contributed by atoms with Crippen LogP contribution in [-0.2, 0) is 0 Å². The largest absolute Gasteiger partial charge is 0.294 e. The van der Waals surface area contributed by atoms with E-state index in [-0.39, 0.29) is 5.78 Å². The Morgan fingerprint density at radius 3 is 2.83 bits per heavy atom. The van der Waals surface area contributed by atoms with Gasteiger partial charge in [-0.15, -0.1) is 22.7 Å². The third-order valence-electron chi connectivity index (χ3n) is 1.81. The van der Waals surface area contributed by atoms with Gasteiger partial charge in [0.15, 0.2) is 5.78 Å². The van der Waals surface area contributed by atoms with Crippen molar-refractivity contribution in [3.05, 3.63) is 21.9 Å². The molecule has 0 aromatic carbocycles. The van der Waals surface area contributed by atoms with Crippen molar-refractivity contribution < 1.29 is 4.79 Å². The van der Waals surface area contributed by atoms with Gasteiger partial charge in [-0.2, -0.15) is 0 Å². The lowest BCUT2D eigenvalue weighted by atomic mass is 10.2. The van der Waals surface area contributed by atoms with Crippen LogP contribution in [0.5, 0.6) is 0 Å². The molecule has 0 saturated carbocycles. The number of aryl methyl sites for hydroxylation is 1. The number of rotatable bonds is 1. The second-order valence-electron chi connectivity index (χ2n) is 2.79. The van der Waals surface area contributed by atoms with Crippen LogP contribution < -0.4 is 0 Å². The highest BCUT2D eigenvalue weighted by molar-refractivity contribution is 7.38. The quantitative estimate of drug-likeness (QED) is 0.638. The molecular formula is C9H8OS2. The molecule has 0 bridgehead atoms. The van der Waals surface area contributed by atoms with Crippen LogP contribution >= 0.6 is 22.7 Å². The van der Waals surface area contributed by atoms with Crippen molar-refractivity contribution in [2.45, 2.75) is 13.8 Å². The molecule has 2 aromatic heterocycles. The molecule has 62 valence electrons. The number of carbonyl (C=O) groups excluding carboxylic acids is 1. The van der Waals surface area contributed by atoms with Gasteiger partial charge in [0.05, 0.1) is 8.89 Å². The minimum Gasteiger partial charge on any atom is -0.294 e. The highest BCUT2D eigenvalue weighted by Crippen LogP contribution is 2.33. The summed E-state index contributed by atoms with van der Waals surface area (Å²) in [6, 6.07) is 1.99. The van der Waals surface area contributed by atoms with Crippen molar-refractivity contribution in [1.82, 2.24) is 0 Å². The van der Waals surface area contributed by atoms with Crippen LogP contribution in [0, 0.1) is 6.92 Å². The molecule has 0 atom stereocenters. The van der Waals surface area contributed by atoms with Gasteiger partial charge in [0.1, 0.15) is 0 Å². The zero-order valence-corrected chi connectivity index (χ0v) is 8.51. The lowest BCUT2D eigenvalue weighted by Gasteiger charge is -1.82. The van der Waals surface area contributed by atoms with Crippen molar-refractivity contribution in [3.63, 3.8) is 0 Å². The molecule has 0 amide bonds. The molecule has 12 heavy (non-hydrogen) atoms. The summed E-state index contributed by atoms with van der Waals surface area (Å²) in [5, 5.41) is 3.38. The monoisotopic (exact) mass is 196 g/mol. The van der Waals surface area contributed by atoms with Crippen molar-refractivity contribution in [1.29, 1.82) is 0 Å². The van der Waals surface area contributed by atoms with E-state index < -0.39 is 0 Å². The van der Waals surface area contributed by atoms with E-state index >= 15 is 0 Å². The predicted octanol–water partition coefficient (Wildman–Crippen LogP) is 3.47. The number of hydrogen-bond acceptors (Lipinski definition) is 3. The van der Waals surface area contributed by atoms with Crippen molar-refractivity contribution >= 4 is 37.9 Å². The van der Waals surface area contributed by atoms with E-state index in [4.69, 9.17) is 0 Å². The second kappa shape index (κ2) is 2.68. The Morgan fingerprint density at radius 2 is 2.25 bits per heavy atom. The van der Waals surface area contributed by atoms with Gasteiger partial charge in [0, 0.05) is 5.39 Å². The smallest absolute Gasteiger partial charge is 0.169 e. The molecule has 0 aliphatic heterocycles. The minimum absolute atomic E-state index is 0.169. The molecule has 0 unspecified atom stereocenters. The molecule has 0 saturated heterocycles. The zero-order valence-electron chi connectivity index (χ0n) is 6.88. The highest BCUT2D eigenvalue weighted by Gasteiger charge is 2.08. The van der Waals surface area contributed by atoms with Crippen LogP contribution in [0.25, 0.3) is 9.40 Å². The van der Waals surface area contributed by atoms with Crippen LogP contribution in [0.2, 0.25) is 0 Å². The molecular weight excluding hydrogens is 188 g/mol. The standard InChI is InChI=1S/C9H8OS2/c1-5-4-11-9-7(5)3-8(12-9)6(2)10/h3-4H,1-2H3. The van der Waals surface area contributed by atoms with Gasteiger partial charge in [-0.1, -0.05) is 0 Å². The SMILES string of the molecule is CC(=O)c1cc2c(C)csc2s1. The van der Waals surface area contributed by atoms with E-state index in [1.54, 1.807) is 29.6 Å². The summed E-state index contributed by atoms with van der Waals surface area (Å²) < 4.78 is 1.26. The fourth-order valence-corrected chi connectivity index (χ4v) is 3.33. The van der Waals surface area contributed by atoms with E-state index in [0.717, 1.165) is 4.88 Å². The van der Waals surface area contributed by atoms with Crippen molar-refractivity contribution in [2.75, 3.05) is 0 Å². The van der Waals surface area contributed by atoms with Crippen molar-refractivity contribution in [3.8, 4) is 0 Å². The number of Topliss-reactive ketones (excluding diaryl/α,β-unsaturated/α-hetero) is 1. The van der Waals surface area contributed by atoms with Gasteiger partial charge in [-0.25, -0.2) is 0 Å². The number of ketones is 1. The summed E-state index contributed by atoms with van der Waals surface area (Å²) in [6.07, 6.45) is 0. The van der Waals surface area contributed by atoms with Crippen LogP contribution in [0.15, 0.2) is 11.4 Å². The van der Waals surface area contributed by atoms with Gasteiger partial charge in [0.25, 0.3) is 0 Å². The Balaban J connectivity index is 2.70. The molecule has 0 spiro atoms. The van der Waals surface area contributed by atoms with Crippen molar-refractivity contribution in [2.24, 2.45) is 0 Å². The van der Waals surface area contributed by atoms with E-state index in [9.17, 15) is 4.79 Å². The highest BCUT2D eigenvalue weighted by atomic mass is 32.2. The molecule has 0 aliphatic rings. The molecule has 0 radical (unpaired) electrons. The van der Waals surface area contributed by atoms with E-state index in [0.29, 0.717) is 0 Å². The van der Waals surface area contributed by atoms with Gasteiger partial charge >= 0.3 is 0 Å². The average molecular weight is 196 g/mol. The Kier molecular flexibility index (Phi) is 1.77. The van der Waals surface area contributed by atoms with Gasteiger partial charge in [0.2, 0.25) is 0 Å². The topological polar surface area (TPSA) is 17.1 Å². The summed E-state index contributed by atoms with van der Waals surface area (Å²) in [5.74, 6) is 0.169. The fourth-order valence-electron chi connectivity index (χ4n) is 1.12. The maximum atomic E-state index is 11.0. The summed E-state index contributed by atoms with van der Waals surface area (Å²) >= 11 is 3.31. The Hall–Kier alpha value is -0.670. The first-order valence-corrected chi connectivity index (χ1v) is 5.36. The third-order valence-corrected chi connectivity index (χ3v) is 4.29. The summed E-state index contributed by atoms with van der Waals surface area (Å²) in [7, 11) is 0. The first-order chi connectivity index (χ1) is 5.68. The van der Waals surface area contributed by atoms with E-state index in [2.05, 4.69) is 12.3 Å². The Labute approximate surface area is 78.7 Å². The van der Waals surface area contributed by atoms with Crippen LogP contribution in [0.4, 0.5) is 0 Å². The second-order valence-corrected chi connectivity index (χ2v) is 4.98. The van der Waals surface area contributed by atoms with Gasteiger partial charge in [-0.05, 0) is 30.9 Å². The Bertz CT molecular complexity index is 436.